The lowest BCUT2D eigenvalue weighted by atomic mass is 10.3. The molecule has 1 aliphatic heterocycles. The fourth-order valence-corrected chi connectivity index (χ4v) is 2.43. The first-order valence-electron chi connectivity index (χ1n) is 4.10. The maximum Gasteiger partial charge on any atom is 0.194 e. The Balaban J connectivity index is 2.39. The molecule has 2 unspecified atom stereocenters. The molecule has 1 aromatic carbocycles. The summed E-state index contributed by atoms with van der Waals surface area (Å²) >= 11 is 0. The molecule has 2 atom stereocenters. The van der Waals surface area contributed by atoms with Crippen LogP contribution in [0.15, 0.2) is 24.3 Å². The number of para-hydroxylation sites is 2. The van der Waals surface area contributed by atoms with Crippen molar-refractivity contribution in [3.05, 3.63) is 29.5 Å². The molecule has 1 aromatic rings. The SMILES string of the molecule is [O-][N+]1(c2ccccc2O)CCPN1. The molecule has 1 aliphatic rings. The average molecular weight is 198 g/mol. The minimum atomic E-state index is -0.592. The van der Waals surface area contributed by atoms with Crippen LogP contribution in [-0.4, -0.2) is 17.8 Å². The van der Waals surface area contributed by atoms with Crippen LogP contribution in [0.2, 0.25) is 0 Å². The van der Waals surface area contributed by atoms with E-state index in [2.05, 4.69) is 5.20 Å². The number of aromatic hydroxyl groups is 1. The topological polar surface area (TPSA) is 55.3 Å². The summed E-state index contributed by atoms with van der Waals surface area (Å²) in [5, 5.41) is 24.3. The van der Waals surface area contributed by atoms with Gasteiger partial charge in [-0.25, -0.2) is 4.76 Å². The Morgan fingerprint density at radius 2 is 2.23 bits per heavy atom. The van der Waals surface area contributed by atoms with Crippen molar-refractivity contribution in [2.75, 3.05) is 12.7 Å². The van der Waals surface area contributed by atoms with Crippen molar-refractivity contribution < 1.29 is 5.11 Å². The monoisotopic (exact) mass is 198 g/mol. The molecule has 1 heterocycles. The molecule has 1 saturated heterocycles. The van der Waals surface area contributed by atoms with E-state index < -0.39 is 4.76 Å². The second-order valence-corrected chi connectivity index (χ2v) is 4.07. The van der Waals surface area contributed by atoms with Gasteiger partial charge in [-0.1, -0.05) is 12.1 Å². The number of quaternary nitrogens is 1. The number of phenolic OH excluding ortho intramolecular Hbond substituents is 1. The van der Waals surface area contributed by atoms with Crippen LogP contribution < -0.4 is 9.95 Å². The van der Waals surface area contributed by atoms with E-state index >= 15 is 0 Å². The number of rotatable bonds is 1. The summed E-state index contributed by atoms with van der Waals surface area (Å²) in [6.07, 6.45) is 0.873. The Hall–Kier alpha value is -0.670. The standard InChI is InChI=1S/C8H11N2O2P/c11-8-4-2-1-3-7(8)10(12)5-6-13-9-10/h1-4,9,11,13H,5-6H2. The highest BCUT2D eigenvalue weighted by molar-refractivity contribution is 7.36. The van der Waals surface area contributed by atoms with Crippen molar-refractivity contribution >= 4 is 14.4 Å². The predicted octanol–water partition coefficient (Wildman–Crippen LogP) is 1.31. The predicted molar refractivity (Wildman–Crippen MR) is 54.5 cm³/mol. The second-order valence-electron chi connectivity index (χ2n) is 2.99. The number of hydrogen-bond acceptors (Lipinski definition) is 3. The normalized spacial score (nSPS) is 29.6. The van der Waals surface area contributed by atoms with Crippen LogP contribution in [-0.2, 0) is 0 Å². The average Bonchev–Trinajstić information content (AvgIpc) is 2.54. The quantitative estimate of drug-likeness (QED) is 0.406. The van der Waals surface area contributed by atoms with Gasteiger partial charge in [-0.15, -0.1) is 5.20 Å². The molecule has 0 spiro atoms. The van der Waals surface area contributed by atoms with E-state index in [0.29, 0.717) is 21.0 Å². The van der Waals surface area contributed by atoms with Crippen LogP contribution >= 0.6 is 8.73 Å². The van der Waals surface area contributed by atoms with Crippen molar-refractivity contribution in [3.8, 4) is 5.75 Å². The third-order valence-corrected chi connectivity index (χ3v) is 3.08. The maximum atomic E-state index is 12.0. The van der Waals surface area contributed by atoms with Gasteiger partial charge in [-0.3, -0.25) is 0 Å². The Labute approximate surface area is 78.2 Å². The molecule has 4 nitrogen and oxygen atoms in total. The van der Waals surface area contributed by atoms with E-state index in [1.165, 1.54) is 6.07 Å². The van der Waals surface area contributed by atoms with Crippen LogP contribution in [0.3, 0.4) is 0 Å². The lowest BCUT2D eigenvalue weighted by Crippen LogP contribution is -2.47. The Kier molecular flexibility index (Phi) is 2.22. The Bertz CT molecular complexity index is 313. The zero-order valence-electron chi connectivity index (χ0n) is 7.03. The van der Waals surface area contributed by atoms with E-state index in [0.717, 1.165) is 6.16 Å². The fraction of sp³-hybridized carbons (Fsp3) is 0.250. The van der Waals surface area contributed by atoms with E-state index in [1.54, 1.807) is 18.2 Å². The largest absolute Gasteiger partial charge is 0.606 e. The summed E-state index contributed by atoms with van der Waals surface area (Å²) in [6, 6.07) is 6.67. The van der Waals surface area contributed by atoms with E-state index in [-0.39, 0.29) is 5.75 Å². The highest BCUT2D eigenvalue weighted by Crippen LogP contribution is 2.35. The molecule has 0 radical (unpaired) electrons. The highest BCUT2D eigenvalue weighted by Gasteiger charge is 2.28. The number of phenols is 1. The molecule has 70 valence electrons. The Morgan fingerprint density at radius 3 is 2.85 bits per heavy atom. The minimum Gasteiger partial charge on any atom is -0.606 e. The summed E-state index contributed by atoms with van der Waals surface area (Å²) in [7, 11) is 0.481. The summed E-state index contributed by atoms with van der Waals surface area (Å²) in [6.45, 7) is 0.496. The third kappa shape index (κ3) is 1.54. The molecule has 5 heteroatoms. The van der Waals surface area contributed by atoms with Gasteiger partial charge in [0.1, 0.15) is 6.54 Å². The molecule has 2 rings (SSSR count). The Morgan fingerprint density at radius 1 is 1.46 bits per heavy atom. The number of nitrogens with one attached hydrogen (secondary N) is 1. The fourth-order valence-electron chi connectivity index (χ4n) is 1.40. The number of hydrogen-bond donors (Lipinski definition) is 2. The smallest absolute Gasteiger partial charge is 0.194 e. The van der Waals surface area contributed by atoms with Crippen LogP contribution in [0, 0.1) is 5.21 Å². The van der Waals surface area contributed by atoms with Crippen LogP contribution in [0.5, 0.6) is 5.75 Å². The van der Waals surface area contributed by atoms with Gasteiger partial charge in [-0.05, 0) is 6.07 Å². The summed E-state index contributed by atoms with van der Waals surface area (Å²) in [4.78, 5) is 0. The van der Waals surface area contributed by atoms with Crippen LogP contribution in [0.1, 0.15) is 0 Å². The summed E-state index contributed by atoms with van der Waals surface area (Å²) in [5.41, 5.74) is 0.410. The summed E-state index contributed by atoms with van der Waals surface area (Å²) < 4.78 is -0.592. The molecular weight excluding hydrogens is 187 g/mol. The van der Waals surface area contributed by atoms with Crippen molar-refractivity contribution in [2.45, 2.75) is 0 Å². The molecule has 0 amide bonds. The third-order valence-electron chi connectivity index (χ3n) is 2.08. The molecule has 13 heavy (non-hydrogen) atoms. The molecule has 1 fully saturated rings. The van der Waals surface area contributed by atoms with E-state index in [9.17, 15) is 10.3 Å². The molecule has 0 aliphatic carbocycles. The van der Waals surface area contributed by atoms with Gasteiger partial charge >= 0.3 is 0 Å². The summed E-state index contributed by atoms with van der Waals surface area (Å²) in [5.74, 6) is 0.0664. The zero-order valence-corrected chi connectivity index (χ0v) is 8.03. The molecule has 2 N–H and O–H groups in total. The van der Waals surface area contributed by atoms with Crippen molar-refractivity contribution in [2.24, 2.45) is 0 Å². The lowest BCUT2D eigenvalue weighted by Gasteiger charge is -2.35. The first-order chi connectivity index (χ1) is 6.22. The lowest BCUT2D eigenvalue weighted by molar-refractivity contribution is 0.366. The number of hydroxylamine groups is 1. The van der Waals surface area contributed by atoms with Gasteiger partial charge in [0.2, 0.25) is 0 Å². The van der Waals surface area contributed by atoms with Gasteiger partial charge in [-0.2, -0.15) is 0 Å². The minimum absolute atomic E-state index is 0.0664. The number of nitrogens with zero attached hydrogens (tertiary/aromatic N) is 1. The van der Waals surface area contributed by atoms with Gasteiger partial charge in [0.05, 0.1) is 0 Å². The van der Waals surface area contributed by atoms with Crippen LogP contribution in [0.4, 0.5) is 5.69 Å². The highest BCUT2D eigenvalue weighted by atomic mass is 31.1. The van der Waals surface area contributed by atoms with E-state index in [4.69, 9.17) is 0 Å². The number of benzene rings is 1. The van der Waals surface area contributed by atoms with Crippen LogP contribution in [0.25, 0.3) is 0 Å². The molecule has 0 saturated carbocycles. The molecule has 0 aromatic heterocycles. The van der Waals surface area contributed by atoms with Crippen molar-refractivity contribution in [3.63, 3.8) is 0 Å². The zero-order chi connectivity index (χ0) is 9.31. The van der Waals surface area contributed by atoms with Crippen molar-refractivity contribution in [1.82, 2.24) is 9.95 Å². The first-order valence-corrected chi connectivity index (χ1v) is 5.31. The van der Waals surface area contributed by atoms with Crippen molar-refractivity contribution in [1.29, 1.82) is 0 Å². The maximum absolute atomic E-state index is 12.0. The van der Waals surface area contributed by atoms with Gasteiger partial charge in [0.25, 0.3) is 0 Å². The molecule has 0 bridgehead atoms. The van der Waals surface area contributed by atoms with Gasteiger partial charge in [0, 0.05) is 21.0 Å². The molecular formula is C8H11N2O2P. The van der Waals surface area contributed by atoms with Gasteiger partial charge in [0.15, 0.2) is 11.4 Å². The first kappa shape index (κ1) is 8.91. The van der Waals surface area contributed by atoms with E-state index in [1.807, 2.05) is 0 Å². The second kappa shape index (κ2) is 3.24. The van der Waals surface area contributed by atoms with Gasteiger partial charge < -0.3 is 10.3 Å².